The van der Waals surface area contributed by atoms with Crippen molar-refractivity contribution in [3.8, 4) is 22.8 Å². The molecule has 0 radical (unpaired) electrons. The maximum absolute atomic E-state index is 13.3. The van der Waals surface area contributed by atoms with Crippen LogP contribution in [0.4, 0.5) is 17.3 Å². The molecular weight excluding hydrogens is 799 g/mol. The minimum Gasteiger partial charge on any atom is -0.494 e. The van der Waals surface area contributed by atoms with E-state index in [1.54, 1.807) is 37.6 Å². The van der Waals surface area contributed by atoms with E-state index in [4.69, 9.17) is 14.5 Å². The van der Waals surface area contributed by atoms with E-state index in [2.05, 4.69) is 49.1 Å². The molecule has 2 saturated heterocycles. The van der Waals surface area contributed by atoms with Crippen LogP contribution in [0.1, 0.15) is 28.8 Å². The standard InChI is InChI=1S/C44H45N9O7S/c1-4-39(54)46-33-22-32(48-44-45-15-14-31(47-44)29-24-50(2)34-10-6-5-8-27(29)34)36(59-3)23-37(33)60-21-20-51-16-18-52(19-17-51)41(56)26-61-38-11-7-9-28-30(38)25-53(43(28)58)35-12-13-40(55)49-42(35)57/h4-11,14-15,22-24,35H,1,12-13,16-21,25-26H2,2-3H3,(H,46,54)(H,45,47,48)(H,49,55,57). The molecule has 1 atom stereocenters. The van der Waals surface area contributed by atoms with Crippen molar-refractivity contribution >= 4 is 69.5 Å². The van der Waals surface area contributed by atoms with Crippen molar-refractivity contribution in [2.75, 3.05) is 62.8 Å². The molecule has 16 nitrogen and oxygen atoms in total. The van der Waals surface area contributed by atoms with Gasteiger partial charge in [0.1, 0.15) is 24.1 Å². The van der Waals surface area contributed by atoms with Gasteiger partial charge in [0.05, 0.1) is 29.9 Å². The smallest absolute Gasteiger partial charge is 0.255 e. The predicted molar refractivity (Wildman–Crippen MR) is 231 cm³/mol. The van der Waals surface area contributed by atoms with E-state index in [-0.39, 0.29) is 36.4 Å². The van der Waals surface area contributed by atoms with Gasteiger partial charge in [0.2, 0.25) is 29.6 Å². The Balaban J connectivity index is 0.857. The van der Waals surface area contributed by atoms with Gasteiger partial charge in [-0.25, -0.2) is 9.97 Å². The number of piperazine rings is 1. The van der Waals surface area contributed by atoms with E-state index < -0.39 is 17.9 Å². The van der Waals surface area contributed by atoms with E-state index in [9.17, 15) is 24.0 Å². The number of nitrogens with zero attached hydrogens (tertiary/aromatic N) is 6. The lowest BCUT2D eigenvalue weighted by molar-refractivity contribution is -0.137. The molecule has 17 heteroatoms. The minimum absolute atomic E-state index is 0.000985. The zero-order chi connectivity index (χ0) is 42.6. The van der Waals surface area contributed by atoms with Gasteiger partial charge in [-0.15, -0.1) is 11.8 Å². The normalized spacial score (nSPS) is 16.6. The molecule has 0 spiro atoms. The van der Waals surface area contributed by atoms with Crippen LogP contribution in [-0.4, -0.2) is 117 Å². The number of hydrogen-bond donors (Lipinski definition) is 3. The van der Waals surface area contributed by atoms with Crippen LogP contribution in [0.5, 0.6) is 11.5 Å². The molecule has 3 aliphatic rings. The number of nitrogens with one attached hydrogen (secondary N) is 3. The first-order valence-electron chi connectivity index (χ1n) is 19.9. The van der Waals surface area contributed by atoms with Gasteiger partial charge in [-0.05, 0) is 48.4 Å². The summed E-state index contributed by atoms with van der Waals surface area (Å²) in [5, 5.41) is 9.49. The van der Waals surface area contributed by atoms with Crippen LogP contribution in [0.25, 0.3) is 22.2 Å². The van der Waals surface area contributed by atoms with Crippen LogP contribution in [0.2, 0.25) is 0 Å². The third-order valence-corrected chi connectivity index (χ3v) is 12.2. The number of carbonyl (C=O) groups excluding carboxylic acids is 5. The van der Waals surface area contributed by atoms with Crippen molar-refractivity contribution in [3.05, 3.63) is 96.8 Å². The quantitative estimate of drug-likeness (QED) is 0.0806. The van der Waals surface area contributed by atoms with Crippen molar-refractivity contribution in [2.45, 2.75) is 30.3 Å². The van der Waals surface area contributed by atoms with E-state index in [0.29, 0.717) is 80.1 Å². The highest BCUT2D eigenvalue weighted by Crippen LogP contribution is 2.39. The number of imide groups is 1. The number of methoxy groups -OCH3 is 1. The van der Waals surface area contributed by atoms with E-state index in [1.807, 2.05) is 42.4 Å². The maximum Gasteiger partial charge on any atom is 0.255 e. The van der Waals surface area contributed by atoms with E-state index >= 15 is 0 Å². The van der Waals surface area contributed by atoms with Crippen LogP contribution in [0.15, 0.2) is 90.6 Å². The molecule has 1 unspecified atom stereocenters. The number of anilines is 3. The van der Waals surface area contributed by atoms with Crippen molar-refractivity contribution in [2.24, 2.45) is 7.05 Å². The summed E-state index contributed by atoms with van der Waals surface area (Å²) in [6, 6.07) is 18.1. The third-order valence-electron chi connectivity index (χ3n) is 11.1. The number of rotatable bonds is 14. The fraction of sp³-hybridized carbons (Fsp3) is 0.295. The molecule has 2 aromatic heterocycles. The Hall–Kier alpha value is -6.72. The molecule has 2 fully saturated rings. The molecule has 5 heterocycles. The predicted octanol–water partition coefficient (Wildman–Crippen LogP) is 4.59. The van der Waals surface area contributed by atoms with E-state index in [0.717, 1.165) is 32.6 Å². The molecule has 0 saturated carbocycles. The van der Waals surface area contributed by atoms with Crippen LogP contribution >= 0.6 is 11.8 Å². The summed E-state index contributed by atoms with van der Waals surface area (Å²) < 4.78 is 14.0. The van der Waals surface area contributed by atoms with Crippen LogP contribution in [0, 0.1) is 0 Å². The number of ether oxygens (including phenoxy) is 2. The third kappa shape index (κ3) is 8.79. The highest BCUT2D eigenvalue weighted by molar-refractivity contribution is 8.00. The second kappa shape index (κ2) is 17.9. The Kier molecular flexibility index (Phi) is 12.0. The summed E-state index contributed by atoms with van der Waals surface area (Å²) in [6.07, 6.45) is 5.38. The summed E-state index contributed by atoms with van der Waals surface area (Å²) >= 11 is 1.39. The number of hydrogen-bond acceptors (Lipinski definition) is 12. The average Bonchev–Trinajstić information content (AvgIpc) is 3.79. The lowest BCUT2D eigenvalue weighted by atomic mass is 10.0. The summed E-state index contributed by atoms with van der Waals surface area (Å²) in [4.78, 5) is 78.9. The number of para-hydroxylation sites is 1. The number of carbonyl (C=O) groups is 5. The number of benzene rings is 3. The maximum atomic E-state index is 13.3. The first-order chi connectivity index (χ1) is 29.6. The number of fused-ring (bicyclic) bond motifs is 2. The lowest BCUT2D eigenvalue weighted by Crippen LogP contribution is -2.52. The van der Waals surface area contributed by atoms with Gasteiger partial charge in [0.15, 0.2) is 0 Å². The monoisotopic (exact) mass is 843 g/mol. The molecule has 8 rings (SSSR count). The van der Waals surface area contributed by atoms with Gasteiger partial charge in [-0.2, -0.15) is 0 Å². The van der Waals surface area contributed by atoms with Gasteiger partial charge in [0.25, 0.3) is 5.91 Å². The Bertz CT molecular complexity index is 2550. The Morgan fingerprint density at radius 2 is 1.82 bits per heavy atom. The first kappa shape index (κ1) is 41.0. The molecular formula is C44H45N9O7S. The number of piperidine rings is 1. The van der Waals surface area contributed by atoms with Crippen molar-refractivity contribution in [1.82, 2.24) is 34.6 Å². The molecule has 3 aliphatic heterocycles. The topological polar surface area (TPSA) is 180 Å². The van der Waals surface area contributed by atoms with Crippen molar-refractivity contribution < 1.29 is 33.4 Å². The molecule has 5 aromatic rings. The van der Waals surface area contributed by atoms with Gasteiger partial charge < -0.3 is 34.5 Å². The second-order valence-corrected chi connectivity index (χ2v) is 15.9. The molecule has 3 aromatic carbocycles. The molecule has 0 bridgehead atoms. The summed E-state index contributed by atoms with van der Waals surface area (Å²) in [5.74, 6) is -0.0291. The minimum atomic E-state index is -0.697. The molecule has 5 amide bonds. The molecule has 314 valence electrons. The fourth-order valence-electron chi connectivity index (χ4n) is 7.89. The largest absolute Gasteiger partial charge is 0.494 e. The number of thioether (sulfide) groups is 1. The highest BCUT2D eigenvalue weighted by atomic mass is 32.2. The Labute approximate surface area is 356 Å². The van der Waals surface area contributed by atoms with Crippen LogP contribution < -0.4 is 25.4 Å². The first-order valence-corrected chi connectivity index (χ1v) is 20.9. The van der Waals surface area contributed by atoms with Crippen LogP contribution in [0.3, 0.4) is 0 Å². The highest BCUT2D eigenvalue weighted by Gasteiger charge is 2.40. The summed E-state index contributed by atoms with van der Waals surface area (Å²) in [7, 11) is 3.54. The van der Waals surface area contributed by atoms with Crippen molar-refractivity contribution in [3.63, 3.8) is 0 Å². The van der Waals surface area contributed by atoms with Gasteiger partial charge in [-0.3, -0.25) is 34.2 Å². The van der Waals surface area contributed by atoms with Gasteiger partial charge in [-0.1, -0.05) is 30.8 Å². The molecule has 3 N–H and O–H groups in total. The number of amides is 5. The lowest BCUT2D eigenvalue weighted by Gasteiger charge is -2.34. The zero-order valence-corrected chi connectivity index (χ0v) is 34.6. The van der Waals surface area contributed by atoms with Crippen LogP contribution in [-0.2, 0) is 32.8 Å². The summed E-state index contributed by atoms with van der Waals surface area (Å²) in [5.41, 5.74) is 5.04. The SMILES string of the molecule is C=CC(=O)Nc1cc(Nc2nccc(-c3cn(C)c4ccccc34)n2)c(OC)cc1OCCN1CCN(C(=O)CSc2cccc3c2CN(C2CCC(=O)NC2=O)C3=O)CC1. The number of aromatic nitrogens is 3. The second-order valence-electron chi connectivity index (χ2n) is 14.8. The fourth-order valence-corrected chi connectivity index (χ4v) is 8.88. The van der Waals surface area contributed by atoms with E-state index in [1.165, 1.54) is 22.7 Å². The average molecular weight is 844 g/mol. The number of aryl methyl sites for hydroxylation is 1. The summed E-state index contributed by atoms with van der Waals surface area (Å²) in [6.45, 7) is 7.14. The van der Waals surface area contributed by atoms with Crippen molar-refractivity contribution in [1.29, 1.82) is 0 Å². The van der Waals surface area contributed by atoms with Gasteiger partial charge >= 0.3 is 0 Å². The molecule has 0 aliphatic carbocycles. The Morgan fingerprint density at radius 3 is 2.61 bits per heavy atom. The zero-order valence-electron chi connectivity index (χ0n) is 33.8. The van der Waals surface area contributed by atoms with Gasteiger partial charge in [0, 0.05) is 98.1 Å². The Morgan fingerprint density at radius 1 is 1.00 bits per heavy atom. The molecule has 61 heavy (non-hydrogen) atoms.